The minimum atomic E-state index is -0.420. The van der Waals surface area contributed by atoms with Crippen LogP contribution in [-0.4, -0.2) is 11.0 Å². The molecular formula is C18H15NO2S. The molecule has 0 radical (unpaired) electrons. The standard InChI is InChI=1S/C18H15NO2S/c1-11(2)18(20)21-16-12(3)7-6-8-13(16)17-19-14-9-4-5-10-15(14)22-17/h4-10H,1H2,2-3H3. The van der Waals surface area contributed by atoms with Crippen LogP contribution in [0.1, 0.15) is 12.5 Å². The molecule has 3 nitrogen and oxygen atoms in total. The Morgan fingerprint density at radius 1 is 1.18 bits per heavy atom. The van der Waals surface area contributed by atoms with Crippen LogP contribution in [0.3, 0.4) is 0 Å². The first kappa shape index (κ1) is 14.5. The lowest BCUT2D eigenvalue weighted by molar-refractivity contribution is -0.130. The van der Waals surface area contributed by atoms with Crippen molar-refractivity contribution in [1.29, 1.82) is 0 Å². The number of hydrogen-bond acceptors (Lipinski definition) is 4. The molecule has 3 rings (SSSR count). The molecule has 0 N–H and O–H groups in total. The van der Waals surface area contributed by atoms with E-state index in [0.717, 1.165) is 26.4 Å². The van der Waals surface area contributed by atoms with Crippen LogP contribution in [0.4, 0.5) is 0 Å². The number of para-hydroxylation sites is 2. The third-order valence-electron chi connectivity index (χ3n) is 3.28. The first-order valence-electron chi connectivity index (χ1n) is 6.89. The first-order chi connectivity index (χ1) is 10.6. The maximum atomic E-state index is 11.9. The summed E-state index contributed by atoms with van der Waals surface area (Å²) in [7, 11) is 0. The van der Waals surface area contributed by atoms with E-state index in [1.165, 1.54) is 0 Å². The summed E-state index contributed by atoms with van der Waals surface area (Å²) in [5.74, 6) is 0.131. The van der Waals surface area contributed by atoms with Gasteiger partial charge in [-0.25, -0.2) is 9.78 Å². The highest BCUT2D eigenvalue weighted by Gasteiger charge is 2.16. The average molecular weight is 309 g/mol. The van der Waals surface area contributed by atoms with Crippen molar-refractivity contribution in [2.45, 2.75) is 13.8 Å². The molecule has 4 heteroatoms. The summed E-state index contributed by atoms with van der Waals surface area (Å²) in [4.78, 5) is 16.5. The van der Waals surface area contributed by atoms with E-state index in [4.69, 9.17) is 4.74 Å². The Bertz CT molecular complexity index is 847. The molecule has 1 heterocycles. The predicted octanol–water partition coefficient (Wildman–Crippen LogP) is 4.75. The monoisotopic (exact) mass is 309 g/mol. The summed E-state index contributed by atoms with van der Waals surface area (Å²) in [6, 6.07) is 13.7. The highest BCUT2D eigenvalue weighted by Crippen LogP contribution is 2.37. The van der Waals surface area contributed by atoms with Crippen molar-refractivity contribution >= 4 is 27.5 Å². The van der Waals surface area contributed by atoms with Gasteiger partial charge in [-0.3, -0.25) is 0 Å². The Labute approximate surface area is 132 Å². The van der Waals surface area contributed by atoms with Gasteiger partial charge in [-0.1, -0.05) is 30.8 Å². The van der Waals surface area contributed by atoms with Crippen molar-refractivity contribution in [2.24, 2.45) is 0 Å². The van der Waals surface area contributed by atoms with E-state index in [0.29, 0.717) is 11.3 Å². The fraction of sp³-hybridized carbons (Fsp3) is 0.111. The summed E-state index contributed by atoms with van der Waals surface area (Å²) in [5.41, 5.74) is 3.04. The van der Waals surface area contributed by atoms with Gasteiger partial charge in [0.2, 0.25) is 0 Å². The molecule has 0 aliphatic carbocycles. The van der Waals surface area contributed by atoms with E-state index in [9.17, 15) is 4.79 Å². The fourth-order valence-corrected chi connectivity index (χ4v) is 3.11. The SMILES string of the molecule is C=C(C)C(=O)Oc1c(C)cccc1-c1nc2ccccc2s1. The molecule has 0 fully saturated rings. The Kier molecular flexibility index (Phi) is 3.77. The molecule has 0 atom stereocenters. The minimum absolute atomic E-state index is 0.374. The number of ether oxygens (including phenoxy) is 1. The molecule has 0 aliphatic rings. The largest absolute Gasteiger partial charge is 0.422 e. The Morgan fingerprint density at radius 2 is 1.95 bits per heavy atom. The van der Waals surface area contributed by atoms with E-state index >= 15 is 0 Å². The second kappa shape index (κ2) is 5.73. The Hall–Kier alpha value is -2.46. The van der Waals surface area contributed by atoms with Gasteiger partial charge in [0.05, 0.1) is 15.8 Å². The van der Waals surface area contributed by atoms with Crippen molar-refractivity contribution in [3.8, 4) is 16.3 Å². The van der Waals surface area contributed by atoms with Gasteiger partial charge in [0, 0.05) is 5.57 Å². The molecule has 0 saturated carbocycles. The van der Waals surface area contributed by atoms with Crippen molar-refractivity contribution in [2.75, 3.05) is 0 Å². The van der Waals surface area contributed by atoms with Gasteiger partial charge >= 0.3 is 5.97 Å². The van der Waals surface area contributed by atoms with Crippen LogP contribution >= 0.6 is 11.3 Å². The number of fused-ring (bicyclic) bond motifs is 1. The van der Waals surface area contributed by atoms with Crippen molar-refractivity contribution in [1.82, 2.24) is 4.98 Å². The normalized spacial score (nSPS) is 10.6. The number of rotatable bonds is 3. The molecule has 0 unspecified atom stereocenters. The number of hydrogen-bond donors (Lipinski definition) is 0. The number of esters is 1. The molecule has 0 aliphatic heterocycles. The number of carbonyl (C=O) groups excluding carboxylic acids is 1. The number of thiazole rings is 1. The van der Waals surface area contributed by atoms with Crippen LogP contribution in [0.5, 0.6) is 5.75 Å². The summed E-state index contributed by atoms with van der Waals surface area (Å²) in [6.07, 6.45) is 0. The summed E-state index contributed by atoms with van der Waals surface area (Å²) >= 11 is 1.58. The zero-order valence-corrected chi connectivity index (χ0v) is 13.2. The second-order valence-corrected chi connectivity index (χ2v) is 6.14. The summed E-state index contributed by atoms with van der Waals surface area (Å²) in [5, 5.41) is 0.842. The third-order valence-corrected chi connectivity index (χ3v) is 4.35. The number of carbonyl (C=O) groups is 1. The molecule has 0 saturated heterocycles. The van der Waals surface area contributed by atoms with Crippen LogP contribution in [0.25, 0.3) is 20.8 Å². The van der Waals surface area contributed by atoms with E-state index in [1.807, 2.05) is 49.4 Å². The molecule has 2 aromatic carbocycles. The average Bonchev–Trinajstić information content (AvgIpc) is 2.92. The van der Waals surface area contributed by atoms with Crippen LogP contribution < -0.4 is 4.74 Å². The molecule has 0 amide bonds. The van der Waals surface area contributed by atoms with E-state index < -0.39 is 5.97 Å². The lowest BCUT2D eigenvalue weighted by Gasteiger charge is -2.11. The van der Waals surface area contributed by atoms with Crippen molar-refractivity contribution in [3.63, 3.8) is 0 Å². The molecule has 22 heavy (non-hydrogen) atoms. The highest BCUT2D eigenvalue weighted by atomic mass is 32.1. The molecular weight excluding hydrogens is 294 g/mol. The van der Waals surface area contributed by atoms with Gasteiger partial charge in [0.25, 0.3) is 0 Å². The summed E-state index contributed by atoms with van der Waals surface area (Å²) in [6.45, 7) is 7.18. The lowest BCUT2D eigenvalue weighted by atomic mass is 10.1. The number of benzene rings is 2. The number of aromatic nitrogens is 1. The molecule has 0 bridgehead atoms. The lowest BCUT2D eigenvalue weighted by Crippen LogP contribution is -2.10. The highest BCUT2D eigenvalue weighted by molar-refractivity contribution is 7.21. The molecule has 1 aromatic heterocycles. The van der Waals surface area contributed by atoms with Crippen LogP contribution in [-0.2, 0) is 4.79 Å². The quantitative estimate of drug-likeness (QED) is 0.398. The Balaban J connectivity index is 2.12. The van der Waals surface area contributed by atoms with Crippen LogP contribution in [0.2, 0.25) is 0 Å². The molecule has 110 valence electrons. The van der Waals surface area contributed by atoms with Gasteiger partial charge in [0.15, 0.2) is 0 Å². The van der Waals surface area contributed by atoms with Gasteiger partial charge in [-0.15, -0.1) is 11.3 Å². The smallest absolute Gasteiger partial charge is 0.338 e. The van der Waals surface area contributed by atoms with Gasteiger partial charge < -0.3 is 4.74 Å². The minimum Gasteiger partial charge on any atom is -0.422 e. The van der Waals surface area contributed by atoms with Crippen LogP contribution in [0, 0.1) is 6.92 Å². The van der Waals surface area contributed by atoms with Crippen molar-refractivity contribution < 1.29 is 9.53 Å². The van der Waals surface area contributed by atoms with Gasteiger partial charge in [0.1, 0.15) is 10.8 Å². The van der Waals surface area contributed by atoms with Crippen molar-refractivity contribution in [3.05, 3.63) is 60.2 Å². The zero-order valence-electron chi connectivity index (χ0n) is 12.4. The summed E-state index contributed by atoms with van der Waals surface area (Å²) < 4.78 is 6.62. The fourth-order valence-electron chi connectivity index (χ4n) is 2.12. The number of aryl methyl sites for hydroxylation is 1. The maximum absolute atomic E-state index is 11.9. The van der Waals surface area contributed by atoms with Gasteiger partial charge in [-0.05, 0) is 37.6 Å². The first-order valence-corrected chi connectivity index (χ1v) is 7.71. The maximum Gasteiger partial charge on any atom is 0.338 e. The van der Waals surface area contributed by atoms with E-state index in [2.05, 4.69) is 11.6 Å². The van der Waals surface area contributed by atoms with E-state index in [1.54, 1.807) is 18.3 Å². The Morgan fingerprint density at radius 3 is 2.68 bits per heavy atom. The molecule has 3 aromatic rings. The topological polar surface area (TPSA) is 39.2 Å². The van der Waals surface area contributed by atoms with E-state index in [-0.39, 0.29) is 0 Å². The second-order valence-electron chi connectivity index (χ2n) is 5.11. The number of nitrogens with zero attached hydrogens (tertiary/aromatic N) is 1. The van der Waals surface area contributed by atoms with Gasteiger partial charge in [-0.2, -0.15) is 0 Å². The van der Waals surface area contributed by atoms with Crippen LogP contribution in [0.15, 0.2) is 54.6 Å². The molecule has 0 spiro atoms. The zero-order chi connectivity index (χ0) is 15.7. The third kappa shape index (κ3) is 2.65. The predicted molar refractivity (Wildman–Crippen MR) is 90.2 cm³/mol.